The second-order valence-corrected chi connectivity index (χ2v) is 9.23. The highest BCUT2D eigenvalue weighted by Gasteiger charge is 2.29. The molecule has 1 aliphatic carbocycles. The highest BCUT2D eigenvalue weighted by atomic mass is 32.2. The Labute approximate surface area is 162 Å². The van der Waals surface area contributed by atoms with Crippen molar-refractivity contribution in [2.24, 2.45) is 5.73 Å². The third-order valence-corrected chi connectivity index (χ3v) is 7.16. The summed E-state index contributed by atoms with van der Waals surface area (Å²) in [6.45, 7) is 1.92. The fourth-order valence-electron chi connectivity index (χ4n) is 3.99. The van der Waals surface area contributed by atoms with Gasteiger partial charge in [-0.1, -0.05) is 17.7 Å². The third kappa shape index (κ3) is 2.54. The highest BCUT2D eigenvalue weighted by Crippen LogP contribution is 2.34. The lowest BCUT2D eigenvalue weighted by molar-refractivity contribution is 0.588. The second kappa shape index (κ2) is 6.11. The van der Waals surface area contributed by atoms with Gasteiger partial charge in [0.25, 0.3) is 10.0 Å². The van der Waals surface area contributed by atoms with E-state index < -0.39 is 10.0 Å². The summed E-state index contributed by atoms with van der Waals surface area (Å²) in [4.78, 5) is 4.59. The van der Waals surface area contributed by atoms with E-state index in [0.717, 1.165) is 30.7 Å². The van der Waals surface area contributed by atoms with Crippen LogP contribution in [0, 0.1) is 6.92 Å². The lowest BCUT2D eigenvalue weighted by atomic mass is 10.1. The largest absolute Gasteiger partial charge is 0.328 e. The third-order valence-electron chi connectivity index (χ3n) is 5.48. The molecule has 1 aliphatic rings. The van der Waals surface area contributed by atoms with Crippen molar-refractivity contribution in [2.45, 2.75) is 43.0 Å². The van der Waals surface area contributed by atoms with Crippen molar-refractivity contribution < 1.29 is 8.42 Å². The summed E-state index contributed by atoms with van der Waals surface area (Å²) in [5.41, 5.74) is 8.71. The molecule has 9 heteroatoms. The van der Waals surface area contributed by atoms with Gasteiger partial charge in [-0.15, -0.1) is 10.2 Å². The van der Waals surface area contributed by atoms with Crippen LogP contribution in [0.25, 0.3) is 16.8 Å². The average Bonchev–Trinajstić information content (AvgIpc) is 3.38. The van der Waals surface area contributed by atoms with Crippen LogP contribution in [-0.4, -0.2) is 38.0 Å². The van der Waals surface area contributed by atoms with E-state index in [1.54, 1.807) is 36.5 Å². The maximum Gasteiger partial charge on any atom is 0.269 e. The number of benzene rings is 1. The zero-order valence-electron chi connectivity index (χ0n) is 15.4. The summed E-state index contributed by atoms with van der Waals surface area (Å²) in [5.74, 6) is 1.04. The van der Waals surface area contributed by atoms with Gasteiger partial charge in [0.1, 0.15) is 5.82 Å². The summed E-state index contributed by atoms with van der Waals surface area (Å²) in [7, 11) is -3.75. The molecule has 8 nitrogen and oxygen atoms in total. The number of aromatic nitrogens is 5. The molecule has 144 valence electrons. The maximum atomic E-state index is 13.1. The standard InChI is InChI=1S/C19H20N6O2S/c1-12-2-6-15(7-3-12)28(26,27)24-9-8-16-19(24)21-11-17-22-23-18(25(16)17)13-4-5-14(20)10-13/h2-3,6-9,11,13-14H,4-5,10,20H2,1H3/t13?,14-/m1/s1. The maximum absolute atomic E-state index is 13.1. The molecule has 1 fully saturated rings. The van der Waals surface area contributed by atoms with Crippen LogP contribution < -0.4 is 5.73 Å². The molecule has 1 saturated carbocycles. The van der Waals surface area contributed by atoms with Crippen molar-refractivity contribution >= 4 is 26.8 Å². The summed E-state index contributed by atoms with van der Waals surface area (Å²) in [5, 5.41) is 8.59. The summed E-state index contributed by atoms with van der Waals surface area (Å²) >= 11 is 0. The van der Waals surface area contributed by atoms with Gasteiger partial charge in [0.05, 0.1) is 16.6 Å². The predicted molar refractivity (Wildman–Crippen MR) is 105 cm³/mol. The van der Waals surface area contributed by atoms with Crippen LogP contribution in [0.2, 0.25) is 0 Å². The molecule has 3 aromatic heterocycles. The minimum atomic E-state index is -3.75. The van der Waals surface area contributed by atoms with Crippen LogP contribution in [0.1, 0.15) is 36.6 Å². The minimum Gasteiger partial charge on any atom is -0.328 e. The SMILES string of the molecule is Cc1ccc(S(=O)(=O)n2ccc3c2ncc2nnc(C4CC[C@@H](N)C4)n23)cc1. The topological polar surface area (TPSA) is 108 Å². The first-order valence-electron chi connectivity index (χ1n) is 9.24. The van der Waals surface area contributed by atoms with E-state index in [-0.39, 0.29) is 16.9 Å². The lowest BCUT2D eigenvalue weighted by Crippen LogP contribution is -2.15. The molecule has 1 unspecified atom stereocenters. The first-order valence-corrected chi connectivity index (χ1v) is 10.7. The van der Waals surface area contributed by atoms with E-state index in [1.807, 2.05) is 11.3 Å². The average molecular weight is 396 g/mol. The van der Waals surface area contributed by atoms with Crippen LogP contribution in [0.5, 0.6) is 0 Å². The first-order chi connectivity index (χ1) is 13.4. The van der Waals surface area contributed by atoms with Crippen molar-refractivity contribution in [3.05, 3.63) is 54.1 Å². The van der Waals surface area contributed by atoms with Crippen LogP contribution in [-0.2, 0) is 10.0 Å². The summed E-state index contributed by atoms with van der Waals surface area (Å²) < 4.78 is 29.4. The van der Waals surface area contributed by atoms with Gasteiger partial charge in [0.15, 0.2) is 11.3 Å². The van der Waals surface area contributed by atoms with Gasteiger partial charge in [0, 0.05) is 18.2 Å². The van der Waals surface area contributed by atoms with E-state index in [1.165, 1.54) is 10.2 Å². The minimum absolute atomic E-state index is 0.168. The van der Waals surface area contributed by atoms with E-state index >= 15 is 0 Å². The second-order valence-electron chi connectivity index (χ2n) is 7.42. The molecule has 0 spiro atoms. The number of nitrogens with two attached hydrogens (primary N) is 1. The highest BCUT2D eigenvalue weighted by molar-refractivity contribution is 7.90. The monoisotopic (exact) mass is 396 g/mol. The molecule has 5 rings (SSSR count). The van der Waals surface area contributed by atoms with Crippen molar-refractivity contribution in [2.75, 3.05) is 0 Å². The molecule has 2 N–H and O–H groups in total. The normalized spacial score (nSPS) is 20.4. The van der Waals surface area contributed by atoms with Gasteiger partial charge >= 0.3 is 0 Å². The number of hydrogen-bond acceptors (Lipinski definition) is 6. The lowest BCUT2D eigenvalue weighted by Gasteiger charge is -2.10. The Morgan fingerprint density at radius 2 is 1.89 bits per heavy atom. The Morgan fingerprint density at radius 1 is 1.11 bits per heavy atom. The quantitative estimate of drug-likeness (QED) is 0.569. The van der Waals surface area contributed by atoms with Gasteiger partial charge in [-0.3, -0.25) is 4.40 Å². The van der Waals surface area contributed by atoms with Gasteiger partial charge in [-0.25, -0.2) is 17.4 Å². The van der Waals surface area contributed by atoms with Crippen molar-refractivity contribution in [3.8, 4) is 0 Å². The van der Waals surface area contributed by atoms with Gasteiger partial charge in [0.2, 0.25) is 0 Å². The Bertz CT molecular complexity index is 1290. The Balaban J connectivity index is 1.69. The number of fused-ring (bicyclic) bond motifs is 3. The van der Waals surface area contributed by atoms with E-state index in [0.29, 0.717) is 16.8 Å². The smallest absolute Gasteiger partial charge is 0.269 e. The fourth-order valence-corrected chi connectivity index (χ4v) is 5.28. The number of aryl methyl sites for hydroxylation is 1. The van der Waals surface area contributed by atoms with E-state index in [2.05, 4.69) is 15.2 Å². The fraction of sp³-hybridized carbons (Fsp3) is 0.316. The first kappa shape index (κ1) is 17.3. The van der Waals surface area contributed by atoms with Crippen LogP contribution in [0.15, 0.2) is 47.6 Å². The molecular weight excluding hydrogens is 376 g/mol. The molecule has 0 amide bonds. The molecule has 28 heavy (non-hydrogen) atoms. The van der Waals surface area contributed by atoms with E-state index in [9.17, 15) is 8.42 Å². The van der Waals surface area contributed by atoms with Crippen molar-refractivity contribution in [1.29, 1.82) is 0 Å². The predicted octanol–water partition coefficient (Wildman–Crippen LogP) is 2.22. The molecule has 1 aromatic carbocycles. The van der Waals surface area contributed by atoms with Crippen LogP contribution in [0.4, 0.5) is 0 Å². The molecular formula is C19H20N6O2S. The van der Waals surface area contributed by atoms with Crippen molar-refractivity contribution in [3.63, 3.8) is 0 Å². The molecule has 2 atom stereocenters. The van der Waals surface area contributed by atoms with Gasteiger partial charge in [-0.2, -0.15) is 0 Å². The molecule has 3 heterocycles. The Kier molecular flexibility index (Phi) is 3.78. The zero-order chi connectivity index (χ0) is 19.5. The van der Waals surface area contributed by atoms with Crippen LogP contribution >= 0.6 is 0 Å². The molecule has 0 aliphatic heterocycles. The number of hydrogen-bond donors (Lipinski definition) is 1. The van der Waals surface area contributed by atoms with Crippen LogP contribution in [0.3, 0.4) is 0 Å². The summed E-state index contributed by atoms with van der Waals surface area (Å²) in [6, 6.07) is 8.71. The van der Waals surface area contributed by atoms with Gasteiger partial charge < -0.3 is 5.73 Å². The molecule has 0 radical (unpaired) electrons. The molecule has 0 bridgehead atoms. The Hall–Kier alpha value is -2.78. The Morgan fingerprint density at radius 3 is 2.61 bits per heavy atom. The van der Waals surface area contributed by atoms with E-state index in [4.69, 9.17) is 5.73 Å². The molecule has 4 aromatic rings. The zero-order valence-corrected chi connectivity index (χ0v) is 16.2. The van der Waals surface area contributed by atoms with Gasteiger partial charge in [-0.05, 0) is 44.4 Å². The van der Waals surface area contributed by atoms with Crippen molar-refractivity contribution in [1.82, 2.24) is 23.6 Å². The molecule has 0 saturated heterocycles. The number of rotatable bonds is 3. The summed E-state index contributed by atoms with van der Waals surface area (Å²) in [6.07, 6.45) is 5.86. The number of nitrogens with zero attached hydrogens (tertiary/aromatic N) is 5.